The quantitative estimate of drug-likeness (QED) is 0.404. The second kappa shape index (κ2) is 7.85. The first kappa shape index (κ1) is 20.5. The molecule has 0 unspecified atom stereocenters. The van der Waals surface area contributed by atoms with Crippen molar-refractivity contribution in [3.05, 3.63) is 43.9 Å². The number of nitrogen functional groups attached to an aromatic ring is 1. The number of anilines is 1. The van der Waals surface area contributed by atoms with Crippen LogP contribution in [0.1, 0.15) is 10.4 Å². The SMILES string of the molecule is Cn1c(N)c(C(=O)COC(=O)CNS(=O)(=O)c2cccs2)c(=O)n(C)c1=O. The smallest absolute Gasteiger partial charge is 0.332 e. The zero-order valence-corrected chi connectivity index (χ0v) is 15.9. The minimum absolute atomic E-state index is 0.0212. The van der Waals surface area contributed by atoms with E-state index >= 15 is 0 Å². The number of Topliss-reactive ketones (excluding diaryl/α,β-unsaturated/α-hetero) is 1. The van der Waals surface area contributed by atoms with Crippen molar-refractivity contribution < 1.29 is 22.7 Å². The van der Waals surface area contributed by atoms with Crippen molar-refractivity contribution >= 4 is 38.9 Å². The zero-order chi connectivity index (χ0) is 20.4. The molecule has 0 aliphatic rings. The maximum absolute atomic E-state index is 12.2. The van der Waals surface area contributed by atoms with Crippen LogP contribution in [0.3, 0.4) is 0 Å². The Labute approximate surface area is 157 Å². The van der Waals surface area contributed by atoms with E-state index in [0.717, 1.165) is 15.9 Å². The van der Waals surface area contributed by atoms with Gasteiger partial charge in [0.1, 0.15) is 22.1 Å². The van der Waals surface area contributed by atoms with Crippen LogP contribution in [0.15, 0.2) is 31.3 Å². The Hall–Kier alpha value is -2.77. The molecule has 0 spiro atoms. The number of carbonyl (C=O) groups excluding carboxylic acids is 2. The van der Waals surface area contributed by atoms with Gasteiger partial charge in [0, 0.05) is 14.1 Å². The van der Waals surface area contributed by atoms with Gasteiger partial charge >= 0.3 is 11.7 Å². The summed E-state index contributed by atoms with van der Waals surface area (Å²) in [6.07, 6.45) is 0. The molecule has 0 saturated carbocycles. The third-order valence-corrected chi connectivity index (χ3v) is 6.32. The van der Waals surface area contributed by atoms with Crippen LogP contribution in [0.4, 0.5) is 5.82 Å². The van der Waals surface area contributed by atoms with Crippen LogP contribution >= 0.6 is 11.3 Å². The predicted molar refractivity (Wildman–Crippen MR) is 96.1 cm³/mol. The predicted octanol–water partition coefficient (Wildman–Crippen LogP) is -1.57. The molecule has 0 saturated heterocycles. The number of rotatable bonds is 7. The van der Waals surface area contributed by atoms with Crippen LogP contribution in [-0.4, -0.2) is 42.5 Å². The number of sulfonamides is 1. The van der Waals surface area contributed by atoms with Crippen molar-refractivity contribution in [3.8, 4) is 0 Å². The van der Waals surface area contributed by atoms with Crippen molar-refractivity contribution in [2.45, 2.75) is 4.21 Å². The van der Waals surface area contributed by atoms with Crippen LogP contribution in [0.25, 0.3) is 0 Å². The topological polar surface area (TPSA) is 160 Å². The number of nitrogens with zero attached hydrogens (tertiary/aromatic N) is 2. The summed E-state index contributed by atoms with van der Waals surface area (Å²) >= 11 is 0.969. The minimum Gasteiger partial charge on any atom is -0.456 e. The number of hydrogen-bond acceptors (Lipinski definition) is 9. The monoisotopic (exact) mass is 416 g/mol. The molecule has 0 bridgehead atoms. The maximum atomic E-state index is 12.2. The Bertz CT molecular complexity index is 1100. The fourth-order valence-electron chi connectivity index (χ4n) is 2.03. The standard InChI is InChI=1S/C14H16N4O7S2/c1-17-12(15)11(13(21)18(2)14(17)22)8(19)7-25-9(20)6-16-27(23,24)10-4-3-5-26-10/h3-5,16H,6-7,15H2,1-2H3. The Balaban J connectivity index is 2.03. The van der Waals surface area contributed by atoms with Crippen LogP contribution in [0, 0.1) is 0 Å². The molecule has 0 aromatic carbocycles. The third-order valence-electron chi connectivity index (χ3n) is 3.52. The molecule has 2 heterocycles. The Morgan fingerprint density at radius 3 is 2.52 bits per heavy atom. The van der Waals surface area contributed by atoms with Gasteiger partial charge in [-0.2, -0.15) is 4.72 Å². The lowest BCUT2D eigenvalue weighted by Gasteiger charge is -2.11. The van der Waals surface area contributed by atoms with Gasteiger partial charge < -0.3 is 10.5 Å². The summed E-state index contributed by atoms with van der Waals surface area (Å²) in [5.41, 5.74) is 3.50. The van der Waals surface area contributed by atoms with E-state index in [4.69, 9.17) is 5.73 Å². The van der Waals surface area contributed by atoms with E-state index in [0.29, 0.717) is 4.57 Å². The van der Waals surface area contributed by atoms with Gasteiger partial charge in [-0.1, -0.05) is 6.07 Å². The zero-order valence-electron chi connectivity index (χ0n) is 14.3. The van der Waals surface area contributed by atoms with Gasteiger partial charge in [0.05, 0.1) is 0 Å². The summed E-state index contributed by atoms with van der Waals surface area (Å²) in [6.45, 7) is -1.54. The Kier molecular flexibility index (Phi) is 5.98. The molecule has 13 heteroatoms. The molecular formula is C14H16N4O7S2. The van der Waals surface area contributed by atoms with E-state index in [-0.39, 0.29) is 10.0 Å². The van der Waals surface area contributed by atoms with Gasteiger partial charge in [-0.05, 0) is 11.4 Å². The largest absolute Gasteiger partial charge is 0.456 e. The number of carbonyl (C=O) groups is 2. The molecule has 0 amide bonds. The van der Waals surface area contributed by atoms with Gasteiger partial charge in [-0.3, -0.25) is 23.5 Å². The van der Waals surface area contributed by atoms with Crippen molar-refractivity contribution in [3.63, 3.8) is 0 Å². The molecular weight excluding hydrogens is 400 g/mol. The summed E-state index contributed by atoms with van der Waals surface area (Å²) < 4.78 is 32.1. The fraction of sp³-hybridized carbons (Fsp3) is 0.286. The molecule has 0 fully saturated rings. The first-order valence-corrected chi connectivity index (χ1v) is 9.70. The van der Waals surface area contributed by atoms with Gasteiger partial charge in [0.15, 0.2) is 6.61 Å². The molecule has 2 aromatic heterocycles. The first-order valence-electron chi connectivity index (χ1n) is 7.33. The number of thiophene rings is 1. The maximum Gasteiger partial charge on any atom is 0.332 e. The van der Waals surface area contributed by atoms with Gasteiger partial charge in [-0.25, -0.2) is 13.2 Å². The van der Waals surface area contributed by atoms with Gasteiger partial charge in [-0.15, -0.1) is 11.3 Å². The summed E-state index contributed by atoms with van der Waals surface area (Å²) in [6, 6.07) is 2.90. The van der Waals surface area contributed by atoms with Crippen LogP contribution in [-0.2, 0) is 33.7 Å². The van der Waals surface area contributed by atoms with E-state index in [1.807, 2.05) is 4.72 Å². The summed E-state index contributed by atoms with van der Waals surface area (Å²) in [4.78, 5) is 47.6. The molecule has 0 aliphatic heterocycles. The molecule has 11 nitrogen and oxygen atoms in total. The molecule has 3 N–H and O–H groups in total. The van der Waals surface area contributed by atoms with Crippen LogP contribution in [0.2, 0.25) is 0 Å². The number of ether oxygens (including phenoxy) is 1. The van der Waals surface area contributed by atoms with Crippen molar-refractivity contribution in [2.75, 3.05) is 18.9 Å². The summed E-state index contributed by atoms with van der Waals surface area (Å²) in [7, 11) is -1.41. The fourth-order valence-corrected chi connectivity index (χ4v) is 4.04. The third kappa shape index (κ3) is 4.32. The number of nitrogens with two attached hydrogens (primary N) is 1. The minimum atomic E-state index is -3.86. The molecule has 2 rings (SSSR count). The van der Waals surface area contributed by atoms with E-state index in [1.54, 1.807) is 5.38 Å². The number of aromatic nitrogens is 2. The molecule has 0 aliphatic carbocycles. The lowest BCUT2D eigenvalue weighted by Crippen LogP contribution is -2.42. The van der Waals surface area contributed by atoms with E-state index in [2.05, 4.69) is 4.74 Å². The number of hydrogen-bond donors (Lipinski definition) is 2. The highest BCUT2D eigenvalue weighted by molar-refractivity contribution is 7.91. The second-order valence-corrected chi connectivity index (χ2v) is 8.25. The summed E-state index contributed by atoms with van der Waals surface area (Å²) in [5, 5.41) is 1.56. The number of ketones is 1. The lowest BCUT2D eigenvalue weighted by atomic mass is 10.2. The molecule has 0 atom stereocenters. The van der Waals surface area contributed by atoms with Gasteiger partial charge in [0.25, 0.3) is 15.6 Å². The van der Waals surface area contributed by atoms with E-state index in [1.165, 1.54) is 26.2 Å². The summed E-state index contributed by atoms with van der Waals surface area (Å²) in [5.74, 6) is -2.30. The Morgan fingerprint density at radius 1 is 1.26 bits per heavy atom. The lowest BCUT2D eigenvalue weighted by molar-refractivity contribution is -0.141. The average Bonchev–Trinajstić information content (AvgIpc) is 3.17. The number of nitrogens with one attached hydrogen (secondary N) is 1. The van der Waals surface area contributed by atoms with Crippen LogP contribution in [0.5, 0.6) is 0 Å². The molecule has 2 aromatic rings. The highest BCUT2D eigenvalue weighted by Gasteiger charge is 2.22. The second-order valence-electron chi connectivity index (χ2n) is 5.31. The van der Waals surface area contributed by atoms with E-state index in [9.17, 15) is 27.6 Å². The average molecular weight is 416 g/mol. The van der Waals surface area contributed by atoms with Crippen molar-refractivity contribution in [1.29, 1.82) is 0 Å². The molecule has 27 heavy (non-hydrogen) atoms. The van der Waals surface area contributed by atoms with Crippen molar-refractivity contribution in [1.82, 2.24) is 13.9 Å². The van der Waals surface area contributed by atoms with Crippen LogP contribution < -0.4 is 21.7 Å². The highest BCUT2D eigenvalue weighted by Crippen LogP contribution is 2.14. The van der Waals surface area contributed by atoms with E-state index < -0.39 is 51.7 Å². The number of esters is 1. The highest BCUT2D eigenvalue weighted by atomic mass is 32.2. The normalized spacial score (nSPS) is 11.3. The Morgan fingerprint density at radius 2 is 1.93 bits per heavy atom. The molecule has 146 valence electrons. The first-order chi connectivity index (χ1) is 12.6. The van der Waals surface area contributed by atoms with Crippen molar-refractivity contribution in [2.24, 2.45) is 14.1 Å². The van der Waals surface area contributed by atoms with Gasteiger partial charge in [0.2, 0.25) is 5.78 Å². The molecule has 0 radical (unpaired) electrons.